The van der Waals surface area contributed by atoms with Crippen LogP contribution < -0.4 is 5.32 Å². The second kappa shape index (κ2) is 6.21. The van der Waals surface area contributed by atoms with E-state index in [0.29, 0.717) is 18.4 Å². The highest BCUT2D eigenvalue weighted by atomic mass is 16.3. The lowest BCUT2D eigenvalue weighted by Gasteiger charge is -2.25. The van der Waals surface area contributed by atoms with Gasteiger partial charge < -0.3 is 15.4 Å². The molecule has 6 heteroatoms. The Morgan fingerprint density at radius 2 is 1.96 bits per heavy atom. The molecule has 0 bridgehead atoms. The van der Waals surface area contributed by atoms with Gasteiger partial charge in [0.05, 0.1) is 17.6 Å². The number of aliphatic hydroxyl groups excluding tert-OH is 1. The molecule has 3 aromatic rings. The molecule has 1 fully saturated rings. The number of aromatic amines is 1. The first kappa shape index (κ1) is 15.5. The third-order valence-corrected chi connectivity index (χ3v) is 5.62. The number of anilines is 2. The Bertz CT molecular complexity index is 880. The van der Waals surface area contributed by atoms with Gasteiger partial charge in [0.1, 0.15) is 17.3 Å². The summed E-state index contributed by atoms with van der Waals surface area (Å²) in [4.78, 5) is 17.4. The summed E-state index contributed by atoms with van der Waals surface area (Å²) in [5.41, 5.74) is 4.98. The third kappa shape index (κ3) is 2.49. The number of hydrogen-bond acceptors (Lipinski definition) is 5. The minimum atomic E-state index is 0.298. The van der Waals surface area contributed by atoms with Crippen molar-refractivity contribution in [2.75, 3.05) is 11.9 Å². The zero-order chi connectivity index (χ0) is 17.5. The highest BCUT2D eigenvalue weighted by molar-refractivity contribution is 5.94. The van der Waals surface area contributed by atoms with Crippen LogP contribution >= 0.6 is 0 Å². The number of hydrogen-bond donors (Lipinski definition) is 3. The lowest BCUT2D eigenvalue weighted by Crippen LogP contribution is -2.16. The zero-order valence-corrected chi connectivity index (χ0v) is 14.4. The Hall–Kier alpha value is -2.73. The van der Waals surface area contributed by atoms with Crippen molar-refractivity contribution in [1.29, 1.82) is 0 Å². The highest BCUT2D eigenvalue weighted by Gasteiger charge is 2.28. The molecule has 1 saturated carbocycles. The van der Waals surface area contributed by atoms with Crippen LogP contribution in [-0.2, 0) is 0 Å². The highest BCUT2D eigenvalue weighted by Crippen LogP contribution is 2.43. The van der Waals surface area contributed by atoms with Crippen molar-refractivity contribution in [1.82, 2.24) is 19.9 Å². The summed E-state index contributed by atoms with van der Waals surface area (Å²) >= 11 is 0. The van der Waals surface area contributed by atoms with E-state index in [1.165, 1.54) is 0 Å². The smallest absolute Gasteiger partial charge is 0.139 e. The standard InChI is InChI=1S/C20H21N5O/c26-11-12-3-5-13(6-4-12)19-24-17-14-7-9-21-10-16(14)23-20-15(18(17)25-19)2-1-8-22-20/h1-2,7-10,12-13,26H,3-6,11H2,(H,22,23)(H,24,25). The lowest BCUT2D eigenvalue weighted by molar-refractivity contribution is 0.181. The fourth-order valence-electron chi connectivity index (χ4n) is 4.13. The van der Waals surface area contributed by atoms with Gasteiger partial charge in [-0.3, -0.25) is 4.98 Å². The van der Waals surface area contributed by atoms with Crippen LogP contribution in [0.25, 0.3) is 22.5 Å². The quantitative estimate of drug-likeness (QED) is 0.513. The summed E-state index contributed by atoms with van der Waals surface area (Å²) in [5, 5.41) is 12.8. The number of aliphatic hydroxyl groups is 1. The molecule has 0 unspecified atom stereocenters. The van der Waals surface area contributed by atoms with E-state index in [9.17, 15) is 5.11 Å². The average molecular weight is 347 g/mol. The number of H-pyrrole nitrogens is 1. The van der Waals surface area contributed by atoms with Crippen molar-refractivity contribution >= 4 is 11.5 Å². The summed E-state index contributed by atoms with van der Waals surface area (Å²) in [7, 11) is 0. The minimum absolute atomic E-state index is 0.298. The fourth-order valence-corrected chi connectivity index (χ4v) is 4.13. The van der Waals surface area contributed by atoms with Crippen LogP contribution in [0.15, 0.2) is 36.8 Å². The van der Waals surface area contributed by atoms with Gasteiger partial charge in [0.2, 0.25) is 0 Å². The van der Waals surface area contributed by atoms with Crippen molar-refractivity contribution in [2.24, 2.45) is 5.92 Å². The molecule has 0 spiro atoms. The van der Waals surface area contributed by atoms with Crippen LogP contribution in [0.4, 0.5) is 11.5 Å². The van der Waals surface area contributed by atoms with Crippen LogP contribution in [0.1, 0.15) is 37.4 Å². The number of nitrogens with zero attached hydrogens (tertiary/aromatic N) is 3. The molecule has 6 nitrogen and oxygen atoms in total. The Morgan fingerprint density at radius 1 is 1.08 bits per heavy atom. The van der Waals surface area contributed by atoms with E-state index >= 15 is 0 Å². The topological polar surface area (TPSA) is 86.7 Å². The molecule has 4 heterocycles. The monoisotopic (exact) mass is 347 g/mol. The molecule has 1 aliphatic heterocycles. The lowest BCUT2D eigenvalue weighted by atomic mass is 9.82. The van der Waals surface area contributed by atoms with Crippen LogP contribution in [-0.4, -0.2) is 31.6 Å². The van der Waals surface area contributed by atoms with Crippen molar-refractivity contribution in [3.05, 3.63) is 42.6 Å². The second-order valence-corrected chi connectivity index (χ2v) is 7.19. The summed E-state index contributed by atoms with van der Waals surface area (Å²) in [6.07, 6.45) is 9.69. The van der Waals surface area contributed by atoms with Gasteiger partial charge in [-0.1, -0.05) is 0 Å². The molecule has 0 atom stereocenters. The van der Waals surface area contributed by atoms with Crippen molar-refractivity contribution in [3.8, 4) is 22.5 Å². The number of pyridine rings is 2. The van der Waals surface area contributed by atoms with E-state index in [0.717, 1.165) is 65.5 Å². The molecule has 0 amide bonds. The van der Waals surface area contributed by atoms with Crippen LogP contribution in [0, 0.1) is 5.92 Å². The Kier molecular flexibility index (Phi) is 3.71. The first-order chi connectivity index (χ1) is 12.8. The van der Waals surface area contributed by atoms with E-state index < -0.39 is 0 Å². The van der Waals surface area contributed by atoms with Gasteiger partial charge in [-0.05, 0) is 49.8 Å². The van der Waals surface area contributed by atoms with Gasteiger partial charge in [-0.15, -0.1) is 0 Å². The first-order valence-electron chi connectivity index (χ1n) is 9.21. The van der Waals surface area contributed by atoms with Crippen molar-refractivity contribution in [3.63, 3.8) is 0 Å². The van der Waals surface area contributed by atoms with E-state index in [-0.39, 0.29) is 0 Å². The molecule has 132 valence electrons. The summed E-state index contributed by atoms with van der Waals surface area (Å²) < 4.78 is 0. The fraction of sp³-hybridized carbons (Fsp3) is 0.350. The van der Waals surface area contributed by atoms with Crippen molar-refractivity contribution in [2.45, 2.75) is 31.6 Å². The Labute approximate surface area is 151 Å². The maximum absolute atomic E-state index is 9.39. The van der Waals surface area contributed by atoms with E-state index in [2.05, 4.69) is 26.3 Å². The van der Waals surface area contributed by atoms with E-state index in [1.54, 1.807) is 12.4 Å². The molecule has 26 heavy (non-hydrogen) atoms. The van der Waals surface area contributed by atoms with Gasteiger partial charge in [0.15, 0.2) is 0 Å². The Morgan fingerprint density at radius 3 is 2.81 bits per heavy atom. The molecule has 0 radical (unpaired) electrons. The summed E-state index contributed by atoms with van der Waals surface area (Å²) in [6, 6.07) is 6.01. The zero-order valence-electron chi connectivity index (χ0n) is 14.4. The Balaban J connectivity index is 1.61. The van der Waals surface area contributed by atoms with Crippen LogP contribution in [0.3, 0.4) is 0 Å². The average Bonchev–Trinajstić information content (AvgIpc) is 3.09. The molecular formula is C20H21N5O. The number of rotatable bonds is 2. The van der Waals surface area contributed by atoms with Gasteiger partial charge >= 0.3 is 0 Å². The summed E-state index contributed by atoms with van der Waals surface area (Å²) in [5.74, 6) is 2.72. The molecule has 1 aliphatic carbocycles. The largest absolute Gasteiger partial charge is 0.396 e. The predicted octanol–water partition coefficient (Wildman–Crippen LogP) is 3.86. The number of fused-ring (bicyclic) bond motifs is 5. The molecule has 3 aromatic heterocycles. The van der Waals surface area contributed by atoms with Crippen molar-refractivity contribution < 1.29 is 5.11 Å². The molecule has 3 N–H and O–H groups in total. The third-order valence-electron chi connectivity index (χ3n) is 5.62. The number of aromatic nitrogens is 4. The number of nitrogens with one attached hydrogen (secondary N) is 2. The predicted molar refractivity (Wildman–Crippen MR) is 100 cm³/mol. The second-order valence-electron chi connectivity index (χ2n) is 7.19. The molecular weight excluding hydrogens is 326 g/mol. The van der Waals surface area contributed by atoms with Crippen LogP contribution in [0.2, 0.25) is 0 Å². The molecule has 5 rings (SSSR count). The maximum Gasteiger partial charge on any atom is 0.139 e. The molecule has 0 aromatic carbocycles. The SMILES string of the molecule is OCC1CCC(c2nc3c([nH]2)-c2ccncc2Nc2ncccc2-3)CC1. The van der Waals surface area contributed by atoms with E-state index in [1.807, 2.05) is 18.3 Å². The maximum atomic E-state index is 9.39. The molecule has 0 saturated heterocycles. The minimum Gasteiger partial charge on any atom is -0.396 e. The van der Waals surface area contributed by atoms with Gasteiger partial charge in [-0.2, -0.15) is 0 Å². The normalized spacial score (nSPS) is 21.1. The van der Waals surface area contributed by atoms with Gasteiger partial charge in [0.25, 0.3) is 0 Å². The number of imidazole rings is 1. The van der Waals surface area contributed by atoms with Gasteiger partial charge in [-0.25, -0.2) is 9.97 Å². The summed E-state index contributed by atoms with van der Waals surface area (Å²) in [6.45, 7) is 0.298. The first-order valence-corrected chi connectivity index (χ1v) is 9.21. The van der Waals surface area contributed by atoms with Gasteiger partial charge in [0, 0.05) is 36.0 Å². The van der Waals surface area contributed by atoms with Crippen LogP contribution in [0.5, 0.6) is 0 Å². The van der Waals surface area contributed by atoms with E-state index in [4.69, 9.17) is 4.98 Å². The molecule has 2 aliphatic rings.